The van der Waals surface area contributed by atoms with Gasteiger partial charge in [-0.05, 0) is 68.1 Å². The van der Waals surface area contributed by atoms with E-state index in [0.717, 1.165) is 30.6 Å². The number of amides is 1. The lowest BCUT2D eigenvalue weighted by molar-refractivity contribution is 0.103. The zero-order valence-electron chi connectivity index (χ0n) is 16.0. The summed E-state index contributed by atoms with van der Waals surface area (Å²) in [6, 6.07) is 1.19. The van der Waals surface area contributed by atoms with Crippen molar-refractivity contribution in [3.63, 3.8) is 0 Å². The van der Waals surface area contributed by atoms with Crippen LogP contribution in [0.1, 0.15) is 44.9 Å². The number of nitrogens with two attached hydrogens (primary N) is 1. The van der Waals surface area contributed by atoms with Crippen molar-refractivity contribution in [2.45, 2.75) is 76.2 Å². The fraction of sp³-hybridized carbons (Fsp3) is 0.947. The van der Waals surface area contributed by atoms with Gasteiger partial charge in [-0.25, -0.2) is 4.79 Å². The largest absolute Gasteiger partial charge is 0.465 e. The SMILES string of the molecule is CN(C[C@](N)(CC[Si](C)(C)C)CC12CC3CC(CC1C3)C2)C(=O)O. The molecule has 3 N–H and O–H groups in total. The van der Waals surface area contributed by atoms with Crippen LogP contribution in [0, 0.1) is 23.2 Å². The molecule has 0 spiro atoms. The lowest BCUT2D eigenvalue weighted by Crippen LogP contribution is -2.54. The first-order valence-corrected chi connectivity index (χ1v) is 13.4. The number of carboxylic acid groups (broad SMARTS) is 1. The summed E-state index contributed by atoms with van der Waals surface area (Å²) in [5.74, 6) is 2.73. The van der Waals surface area contributed by atoms with Crippen LogP contribution < -0.4 is 5.73 Å². The Morgan fingerprint density at radius 2 is 1.83 bits per heavy atom. The standard InChI is InChI=1S/C19H36N2O2Si/c1-21(17(22)23)13-19(20,5-6-24(2,3)4)12-18-10-14-7-15(11-18)9-16(18)8-14/h14-16H,5-13,20H2,1-4H3,(H,22,23)/t14?,15?,16?,18?,19-/m0/s1. The van der Waals surface area contributed by atoms with E-state index in [1.807, 2.05) is 0 Å². The Kier molecular flexibility index (Phi) is 4.57. The van der Waals surface area contributed by atoms with Gasteiger partial charge in [0.25, 0.3) is 0 Å². The van der Waals surface area contributed by atoms with Crippen molar-refractivity contribution in [2.24, 2.45) is 28.9 Å². The number of hydrogen-bond donors (Lipinski definition) is 2. The molecule has 0 radical (unpaired) electrons. The molecule has 0 aromatic rings. The normalized spacial score (nSPS) is 36.8. The quantitative estimate of drug-likeness (QED) is 0.674. The molecule has 0 heterocycles. The molecule has 0 aromatic carbocycles. The summed E-state index contributed by atoms with van der Waals surface area (Å²) < 4.78 is 0. The molecule has 4 aliphatic rings. The lowest BCUT2D eigenvalue weighted by atomic mass is 9.68. The summed E-state index contributed by atoms with van der Waals surface area (Å²) in [4.78, 5) is 12.8. The van der Waals surface area contributed by atoms with Gasteiger partial charge in [-0.1, -0.05) is 25.7 Å². The third-order valence-electron chi connectivity index (χ3n) is 7.11. The minimum atomic E-state index is -1.19. The predicted molar refractivity (Wildman–Crippen MR) is 101 cm³/mol. The van der Waals surface area contributed by atoms with Crippen LogP contribution in [-0.4, -0.2) is 43.3 Å². The van der Waals surface area contributed by atoms with Crippen LogP contribution in [0.3, 0.4) is 0 Å². The minimum absolute atomic E-state index is 0.354. The number of hydrogen-bond acceptors (Lipinski definition) is 2. The Balaban J connectivity index is 1.75. The Bertz CT molecular complexity index is 490. The van der Waals surface area contributed by atoms with Gasteiger partial charge in [0.15, 0.2) is 0 Å². The predicted octanol–water partition coefficient (Wildman–Crippen LogP) is 4.24. The molecule has 4 aliphatic carbocycles. The summed E-state index contributed by atoms with van der Waals surface area (Å²) in [5, 5.41) is 9.35. The third-order valence-corrected chi connectivity index (χ3v) is 8.86. The highest BCUT2D eigenvalue weighted by Gasteiger charge is 2.59. The maximum atomic E-state index is 11.4. The Hall–Kier alpha value is -0.553. The van der Waals surface area contributed by atoms with Crippen LogP contribution in [-0.2, 0) is 0 Å². The van der Waals surface area contributed by atoms with Crippen LogP contribution >= 0.6 is 0 Å². The second-order valence-electron chi connectivity index (χ2n) is 10.6. The van der Waals surface area contributed by atoms with Gasteiger partial charge in [-0.3, -0.25) is 0 Å². The van der Waals surface area contributed by atoms with E-state index in [4.69, 9.17) is 5.73 Å². The lowest BCUT2D eigenvalue weighted by Gasteiger charge is -2.43. The fourth-order valence-electron chi connectivity index (χ4n) is 6.34. The molecule has 4 saturated carbocycles. The van der Waals surface area contributed by atoms with Crippen molar-refractivity contribution in [1.29, 1.82) is 0 Å². The van der Waals surface area contributed by atoms with E-state index in [9.17, 15) is 9.90 Å². The second-order valence-corrected chi connectivity index (χ2v) is 16.3. The van der Waals surface area contributed by atoms with Crippen molar-refractivity contribution < 1.29 is 9.90 Å². The van der Waals surface area contributed by atoms with Gasteiger partial charge in [-0.2, -0.15) is 0 Å². The van der Waals surface area contributed by atoms with E-state index in [-0.39, 0.29) is 5.54 Å². The molecule has 24 heavy (non-hydrogen) atoms. The molecular weight excluding hydrogens is 316 g/mol. The van der Waals surface area contributed by atoms with Crippen molar-refractivity contribution in [2.75, 3.05) is 13.6 Å². The first-order valence-electron chi connectivity index (χ1n) is 9.73. The molecule has 4 bridgehead atoms. The van der Waals surface area contributed by atoms with Gasteiger partial charge in [0.1, 0.15) is 0 Å². The van der Waals surface area contributed by atoms with E-state index in [1.165, 1.54) is 43.0 Å². The summed E-state index contributed by atoms with van der Waals surface area (Å²) in [5.41, 5.74) is 7.03. The molecule has 0 aliphatic heterocycles. The third kappa shape index (κ3) is 3.67. The molecule has 5 heteroatoms. The van der Waals surface area contributed by atoms with E-state index in [1.54, 1.807) is 7.05 Å². The summed E-state index contributed by atoms with van der Waals surface area (Å²) in [6.07, 6.45) is 8.15. The molecule has 4 rings (SSSR count). The molecule has 138 valence electrons. The van der Waals surface area contributed by atoms with Gasteiger partial charge >= 0.3 is 6.09 Å². The van der Waals surface area contributed by atoms with Crippen LogP contribution in [0.4, 0.5) is 4.79 Å². The highest BCUT2D eigenvalue weighted by molar-refractivity contribution is 6.76. The second kappa shape index (κ2) is 6.01. The molecule has 2 unspecified atom stereocenters. The molecule has 3 atom stereocenters. The number of nitrogens with zero attached hydrogens (tertiary/aromatic N) is 1. The van der Waals surface area contributed by atoms with E-state index in [2.05, 4.69) is 19.6 Å². The van der Waals surface area contributed by atoms with Crippen molar-refractivity contribution in [3.8, 4) is 0 Å². The zero-order chi connectivity index (χ0) is 17.8. The van der Waals surface area contributed by atoms with Gasteiger partial charge in [0.2, 0.25) is 0 Å². The van der Waals surface area contributed by atoms with Crippen molar-refractivity contribution in [3.05, 3.63) is 0 Å². The average Bonchev–Trinajstić information content (AvgIpc) is 2.79. The van der Waals surface area contributed by atoms with Crippen molar-refractivity contribution >= 4 is 14.2 Å². The first kappa shape index (κ1) is 18.2. The van der Waals surface area contributed by atoms with E-state index < -0.39 is 14.2 Å². The highest BCUT2D eigenvalue weighted by atomic mass is 28.3. The highest BCUT2D eigenvalue weighted by Crippen LogP contribution is 2.67. The summed E-state index contributed by atoms with van der Waals surface area (Å²) in [7, 11) is 0.487. The van der Waals surface area contributed by atoms with Gasteiger partial charge in [0.05, 0.1) is 0 Å². The van der Waals surface area contributed by atoms with Crippen LogP contribution in [0.25, 0.3) is 0 Å². The molecule has 4 fully saturated rings. The first-order chi connectivity index (χ1) is 11.0. The van der Waals surface area contributed by atoms with Crippen molar-refractivity contribution in [1.82, 2.24) is 4.90 Å². The fourth-order valence-corrected chi connectivity index (χ4v) is 7.59. The maximum Gasteiger partial charge on any atom is 0.407 e. The van der Waals surface area contributed by atoms with Crippen LogP contribution in [0.2, 0.25) is 25.7 Å². The van der Waals surface area contributed by atoms with Crippen LogP contribution in [0.15, 0.2) is 0 Å². The molecule has 0 aromatic heterocycles. The Labute approximate surface area is 148 Å². The number of likely N-dealkylation sites (N-methyl/N-ethyl adjacent to an activating group) is 1. The van der Waals surface area contributed by atoms with Crippen LogP contribution in [0.5, 0.6) is 0 Å². The molecular formula is C19H36N2O2Si. The zero-order valence-corrected chi connectivity index (χ0v) is 17.0. The average molecular weight is 353 g/mol. The van der Waals surface area contributed by atoms with E-state index in [0.29, 0.717) is 12.0 Å². The topological polar surface area (TPSA) is 66.6 Å². The molecule has 1 amide bonds. The smallest absolute Gasteiger partial charge is 0.407 e. The minimum Gasteiger partial charge on any atom is -0.465 e. The van der Waals surface area contributed by atoms with E-state index >= 15 is 0 Å². The summed E-state index contributed by atoms with van der Waals surface area (Å²) >= 11 is 0. The monoisotopic (exact) mass is 352 g/mol. The number of carbonyl (C=O) groups is 1. The van der Waals surface area contributed by atoms with Gasteiger partial charge in [0, 0.05) is 27.2 Å². The molecule has 0 saturated heterocycles. The van der Waals surface area contributed by atoms with Gasteiger partial charge < -0.3 is 15.7 Å². The Morgan fingerprint density at radius 3 is 2.33 bits per heavy atom. The Morgan fingerprint density at radius 1 is 1.25 bits per heavy atom. The maximum absolute atomic E-state index is 11.4. The summed E-state index contributed by atoms with van der Waals surface area (Å²) in [6.45, 7) is 7.64. The van der Waals surface area contributed by atoms with Gasteiger partial charge in [-0.15, -0.1) is 0 Å². The number of rotatable bonds is 7. The molecule has 4 nitrogen and oxygen atoms in total.